The van der Waals surface area contributed by atoms with E-state index in [2.05, 4.69) is 0 Å². The van der Waals surface area contributed by atoms with Crippen LogP contribution in [0.2, 0.25) is 0 Å². The van der Waals surface area contributed by atoms with Crippen LogP contribution in [0.3, 0.4) is 0 Å². The molecule has 126 valence electrons. The molecule has 0 bridgehead atoms. The van der Waals surface area contributed by atoms with Crippen LogP contribution >= 0.6 is 0 Å². The van der Waals surface area contributed by atoms with E-state index in [9.17, 15) is 17.6 Å². The van der Waals surface area contributed by atoms with E-state index >= 15 is 0 Å². The molecule has 0 spiro atoms. The number of Topliss-reactive ketones (excluding diaryl/α,β-unsaturated/α-hetero) is 1. The Morgan fingerprint density at radius 1 is 1.04 bits per heavy atom. The van der Waals surface area contributed by atoms with E-state index in [-0.39, 0.29) is 22.3 Å². The lowest BCUT2D eigenvalue weighted by atomic mass is 10.0. The van der Waals surface area contributed by atoms with Crippen LogP contribution in [0.15, 0.2) is 59.5 Å². The quantitative estimate of drug-likeness (QED) is 0.595. The van der Waals surface area contributed by atoms with Crippen molar-refractivity contribution in [2.24, 2.45) is 5.92 Å². The third-order valence-corrected chi connectivity index (χ3v) is 6.02. The van der Waals surface area contributed by atoms with Crippen LogP contribution in [0.25, 0.3) is 0 Å². The van der Waals surface area contributed by atoms with E-state index in [1.807, 2.05) is 23.1 Å². The number of halogens is 1. The molecule has 4 nitrogen and oxygen atoms in total. The fraction of sp³-hybridized carbons (Fsp3) is 0.278. The third kappa shape index (κ3) is 3.88. The summed E-state index contributed by atoms with van der Waals surface area (Å²) in [5.74, 6) is -0.392. The van der Waals surface area contributed by atoms with Crippen molar-refractivity contribution in [3.63, 3.8) is 0 Å². The second-order valence-electron chi connectivity index (χ2n) is 6.08. The molecule has 0 aromatic heterocycles. The molecule has 1 aliphatic heterocycles. The van der Waals surface area contributed by atoms with E-state index < -0.39 is 15.7 Å². The molecular weight excluding hydrogens is 329 g/mol. The number of sulfone groups is 1. The summed E-state index contributed by atoms with van der Waals surface area (Å²) in [6.07, 6.45) is 0. The number of hydrogen-bond donors (Lipinski definition) is 0. The highest BCUT2D eigenvalue weighted by Crippen LogP contribution is 2.22. The Kier molecular flexibility index (Phi) is 4.78. The second-order valence-corrected chi connectivity index (χ2v) is 8.12. The van der Waals surface area contributed by atoms with Gasteiger partial charge in [-0.1, -0.05) is 30.3 Å². The molecule has 0 aliphatic carbocycles. The molecule has 0 saturated carbocycles. The van der Waals surface area contributed by atoms with Crippen molar-refractivity contribution in [2.45, 2.75) is 4.90 Å². The maximum Gasteiger partial charge on any atom is 0.178 e. The van der Waals surface area contributed by atoms with Crippen LogP contribution in [0.5, 0.6) is 0 Å². The number of ketones is 1. The average Bonchev–Trinajstić information content (AvgIpc) is 2.54. The van der Waals surface area contributed by atoms with Gasteiger partial charge in [0.05, 0.1) is 17.2 Å². The summed E-state index contributed by atoms with van der Waals surface area (Å²) >= 11 is 0. The lowest BCUT2D eigenvalue weighted by Gasteiger charge is -2.38. The largest absolute Gasteiger partial charge is 0.295 e. The first kappa shape index (κ1) is 16.8. The Labute approximate surface area is 140 Å². The van der Waals surface area contributed by atoms with E-state index in [4.69, 9.17) is 0 Å². The molecule has 3 rings (SSSR count). The molecule has 0 amide bonds. The van der Waals surface area contributed by atoms with Gasteiger partial charge in [-0.3, -0.25) is 9.69 Å². The van der Waals surface area contributed by atoms with Crippen molar-refractivity contribution in [3.05, 3.63) is 66.0 Å². The minimum Gasteiger partial charge on any atom is -0.295 e. The normalized spacial score (nSPS) is 15.9. The zero-order valence-electron chi connectivity index (χ0n) is 13.1. The van der Waals surface area contributed by atoms with E-state index in [1.54, 1.807) is 12.1 Å². The number of hydrogen-bond acceptors (Lipinski definition) is 4. The van der Waals surface area contributed by atoms with E-state index in [0.29, 0.717) is 25.2 Å². The molecule has 0 unspecified atom stereocenters. The zero-order chi connectivity index (χ0) is 17.2. The summed E-state index contributed by atoms with van der Waals surface area (Å²) in [5, 5.41) is 0. The van der Waals surface area contributed by atoms with Gasteiger partial charge < -0.3 is 0 Å². The van der Waals surface area contributed by atoms with Crippen molar-refractivity contribution < 1.29 is 17.6 Å². The standard InChI is InChI=1S/C18H18FNO3S/c19-16-6-8-17(9-7-16)24(22,23)13-14-10-20(11-14)12-18(21)15-4-2-1-3-5-15/h1-9,14H,10-13H2. The van der Waals surface area contributed by atoms with Gasteiger partial charge in [-0.15, -0.1) is 0 Å². The van der Waals surface area contributed by atoms with Gasteiger partial charge in [0, 0.05) is 18.7 Å². The van der Waals surface area contributed by atoms with Crippen LogP contribution in [0, 0.1) is 11.7 Å². The maximum atomic E-state index is 12.9. The maximum absolute atomic E-state index is 12.9. The van der Waals surface area contributed by atoms with Gasteiger partial charge >= 0.3 is 0 Å². The first-order valence-electron chi connectivity index (χ1n) is 7.73. The fourth-order valence-corrected chi connectivity index (χ4v) is 4.45. The predicted molar refractivity (Wildman–Crippen MR) is 89.2 cm³/mol. The van der Waals surface area contributed by atoms with Crippen LogP contribution in [-0.4, -0.2) is 44.5 Å². The summed E-state index contributed by atoms with van der Waals surface area (Å²) in [7, 11) is -3.42. The second kappa shape index (κ2) is 6.83. The van der Waals surface area contributed by atoms with E-state index in [0.717, 1.165) is 12.1 Å². The first-order valence-corrected chi connectivity index (χ1v) is 9.38. The summed E-state index contributed by atoms with van der Waals surface area (Å²) in [6, 6.07) is 13.9. The summed E-state index contributed by atoms with van der Waals surface area (Å²) in [4.78, 5) is 14.2. The summed E-state index contributed by atoms with van der Waals surface area (Å²) < 4.78 is 37.5. The monoisotopic (exact) mass is 347 g/mol. The van der Waals surface area contributed by atoms with Crippen molar-refractivity contribution in [3.8, 4) is 0 Å². The highest BCUT2D eigenvalue weighted by atomic mass is 32.2. The highest BCUT2D eigenvalue weighted by molar-refractivity contribution is 7.91. The van der Waals surface area contributed by atoms with Gasteiger partial charge in [0.15, 0.2) is 15.6 Å². The minimum atomic E-state index is -3.42. The average molecular weight is 347 g/mol. The predicted octanol–water partition coefficient (Wildman–Crippen LogP) is 2.41. The third-order valence-electron chi connectivity index (χ3n) is 4.12. The summed E-state index contributed by atoms with van der Waals surface area (Å²) in [5.41, 5.74) is 0.667. The first-order chi connectivity index (χ1) is 11.4. The van der Waals surface area contributed by atoms with Crippen molar-refractivity contribution >= 4 is 15.6 Å². The smallest absolute Gasteiger partial charge is 0.178 e. The summed E-state index contributed by atoms with van der Waals surface area (Å²) in [6.45, 7) is 1.47. The molecule has 0 N–H and O–H groups in total. The molecule has 6 heteroatoms. The van der Waals surface area contributed by atoms with Crippen molar-refractivity contribution in [1.29, 1.82) is 0 Å². The number of rotatable bonds is 6. The number of carbonyl (C=O) groups is 1. The zero-order valence-corrected chi connectivity index (χ0v) is 13.9. The van der Waals surface area contributed by atoms with Gasteiger partial charge in [0.1, 0.15) is 5.82 Å². The molecule has 1 saturated heterocycles. The van der Waals surface area contributed by atoms with Gasteiger partial charge in [-0.05, 0) is 30.2 Å². The molecule has 1 heterocycles. The fourth-order valence-electron chi connectivity index (χ4n) is 2.88. The molecule has 0 atom stereocenters. The molecular formula is C18H18FNO3S. The molecule has 2 aromatic carbocycles. The topological polar surface area (TPSA) is 54.5 Å². The highest BCUT2D eigenvalue weighted by Gasteiger charge is 2.32. The number of benzene rings is 2. The number of nitrogens with zero attached hydrogens (tertiary/aromatic N) is 1. The Morgan fingerprint density at radius 3 is 2.29 bits per heavy atom. The Hall–Kier alpha value is -2.05. The minimum absolute atomic E-state index is 0.00336. The van der Waals surface area contributed by atoms with Gasteiger partial charge in [-0.25, -0.2) is 12.8 Å². The Balaban J connectivity index is 1.52. The van der Waals surface area contributed by atoms with Crippen LogP contribution < -0.4 is 0 Å². The molecule has 2 aromatic rings. The molecule has 1 fully saturated rings. The van der Waals surface area contributed by atoms with Crippen LogP contribution in [0.1, 0.15) is 10.4 Å². The van der Waals surface area contributed by atoms with Crippen molar-refractivity contribution in [2.75, 3.05) is 25.4 Å². The van der Waals surface area contributed by atoms with Crippen molar-refractivity contribution in [1.82, 2.24) is 4.90 Å². The van der Waals surface area contributed by atoms with Crippen LogP contribution in [-0.2, 0) is 9.84 Å². The van der Waals surface area contributed by atoms with Gasteiger partial charge in [0.25, 0.3) is 0 Å². The van der Waals surface area contributed by atoms with Gasteiger partial charge in [-0.2, -0.15) is 0 Å². The molecule has 0 radical (unpaired) electrons. The molecule has 24 heavy (non-hydrogen) atoms. The lowest BCUT2D eigenvalue weighted by molar-refractivity contribution is 0.0771. The van der Waals surface area contributed by atoms with Crippen LogP contribution in [0.4, 0.5) is 4.39 Å². The Bertz CT molecular complexity index is 813. The SMILES string of the molecule is O=C(CN1CC(CS(=O)(=O)c2ccc(F)cc2)C1)c1ccccc1. The number of carbonyl (C=O) groups excluding carboxylic acids is 1. The number of likely N-dealkylation sites (tertiary alicyclic amines) is 1. The lowest BCUT2D eigenvalue weighted by Crippen LogP contribution is -2.51. The van der Waals surface area contributed by atoms with E-state index in [1.165, 1.54) is 12.1 Å². The Morgan fingerprint density at radius 2 is 1.67 bits per heavy atom. The molecule has 1 aliphatic rings. The van der Waals surface area contributed by atoms with Gasteiger partial charge in [0.2, 0.25) is 0 Å².